The molecule has 2 atom stereocenters. The SMILES string of the molecule is Cc1ccc(CCC(=O)NCC(=O)N2CC(C(=O)O)C(c3ccccc3)C2)cc1. The second-order valence-electron chi connectivity index (χ2n) is 7.52. The Kier molecular flexibility index (Phi) is 6.65. The number of benzene rings is 2. The molecule has 2 aromatic carbocycles. The lowest BCUT2D eigenvalue weighted by Gasteiger charge is -2.17. The highest BCUT2D eigenvalue weighted by Gasteiger charge is 2.40. The topological polar surface area (TPSA) is 86.7 Å². The Morgan fingerprint density at radius 2 is 1.72 bits per heavy atom. The summed E-state index contributed by atoms with van der Waals surface area (Å²) in [5.41, 5.74) is 3.16. The van der Waals surface area contributed by atoms with Gasteiger partial charge in [-0.05, 0) is 24.5 Å². The van der Waals surface area contributed by atoms with Gasteiger partial charge in [0.25, 0.3) is 0 Å². The van der Waals surface area contributed by atoms with E-state index >= 15 is 0 Å². The number of rotatable bonds is 7. The van der Waals surface area contributed by atoms with Gasteiger partial charge in [0, 0.05) is 25.4 Å². The third-order valence-electron chi connectivity index (χ3n) is 5.42. The van der Waals surface area contributed by atoms with Gasteiger partial charge in [-0.3, -0.25) is 14.4 Å². The highest BCUT2D eigenvalue weighted by molar-refractivity contribution is 5.86. The van der Waals surface area contributed by atoms with Crippen LogP contribution in [0.2, 0.25) is 0 Å². The maximum atomic E-state index is 12.5. The van der Waals surface area contributed by atoms with E-state index in [1.807, 2.05) is 61.5 Å². The summed E-state index contributed by atoms with van der Waals surface area (Å²) in [5.74, 6) is -2.23. The number of aryl methyl sites for hydroxylation is 2. The first-order valence-electron chi connectivity index (χ1n) is 9.82. The van der Waals surface area contributed by atoms with Crippen molar-refractivity contribution in [2.45, 2.75) is 25.7 Å². The minimum absolute atomic E-state index is 0.111. The summed E-state index contributed by atoms with van der Waals surface area (Å²) in [7, 11) is 0. The van der Waals surface area contributed by atoms with E-state index in [0.717, 1.165) is 11.1 Å². The fourth-order valence-electron chi connectivity index (χ4n) is 3.68. The summed E-state index contributed by atoms with van der Waals surface area (Å²) in [6.45, 7) is 2.41. The van der Waals surface area contributed by atoms with Crippen molar-refractivity contribution in [1.82, 2.24) is 10.2 Å². The summed E-state index contributed by atoms with van der Waals surface area (Å²) in [6, 6.07) is 17.4. The number of hydrogen-bond acceptors (Lipinski definition) is 3. The van der Waals surface area contributed by atoms with E-state index in [1.165, 1.54) is 10.5 Å². The Bertz CT molecular complexity index is 864. The van der Waals surface area contributed by atoms with Gasteiger partial charge in [0.15, 0.2) is 0 Å². The third kappa shape index (κ3) is 5.44. The van der Waals surface area contributed by atoms with E-state index in [4.69, 9.17) is 0 Å². The first kappa shape index (κ1) is 20.6. The van der Waals surface area contributed by atoms with Crippen LogP contribution < -0.4 is 5.32 Å². The summed E-state index contributed by atoms with van der Waals surface area (Å²) in [4.78, 5) is 37.8. The molecule has 0 spiro atoms. The van der Waals surface area contributed by atoms with Gasteiger partial charge in [-0.2, -0.15) is 0 Å². The van der Waals surface area contributed by atoms with Crippen molar-refractivity contribution < 1.29 is 19.5 Å². The lowest BCUT2D eigenvalue weighted by Crippen LogP contribution is -2.39. The molecule has 1 aliphatic heterocycles. The number of amides is 2. The first-order valence-corrected chi connectivity index (χ1v) is 9.82. The van der Waals surface area contributed by atoms with E-state index in [-0.39, 0.29) is 30.8 Å². The van der Waals surface area contributed by atoms with Crippen LogP contribution in [0.3, 0.4) is 0 Å². The molecule has 2 unspecified atom stereocenters. The lowest BCUT2D eigenvalue weighted by molar-refractivity contribution is -0.142. The normalized spacial score (nSPS) is 18.4. The molecule has 1 fully saturated rings. The van der Waals surface area contributed by atoms with Gasteiger partial charge in [0.1, 0.15) is 0 Å². The molecule has 0 bridgehead atoms. The smallest absolute Gasteiger partial charge is 0.308 e. The quantitative estimate of drug-likeness (QED) is 0.755. The minimum atomic E-state index is -0.906. The second-order valence-corrected chi connectivity index (χ2v) is 7.52. The van der Waals surface area contributed by atoms with Crippen LogP contribution in [0, 0.1) is 12.8 Å². The standard InChI is InChI=1S/C23H26N2O4/c1-16-7-9-17(10-8-16)11-12-21(26)24-13-22(27)25-14-19(20(15-25)23(28)29)18-5-3-2-4-6-18/h2-10,19-20H,11-15H2,1H3,(H,24,26)(H,28,29). The predicted octanol–water partition coefficient (Wildman–Crippen LogP) is 2.37. The molecule has 0 aromatic heterocycles. The van der Waals surface area contributed by atoms with Crippen LogP contribution in [-0.2, 0) is 20.8 Å². The molecule has 2 amide bonds. The molecule has 152 valence electrons. The molecule has 0 aliphatic carbocycles. The Morgan fingerprint density at radius 1 is 1.03 bits per heavy atom. The van der Waals surface area contributed by atoms with Gasteiger partial charge in [-0.25, -0.2) is 0 Å². The van der Waals surface area contributed by atoms with Crippen molar-refractivity contribution in [1.29, 1.82) is 0 Å². The fourth-order valence-corrected chi connectivity index (χ4v) is 3.68. The van der Waals surface area contributed by atoms with Gasteiger partial charge < -0.3 is 15.3 Å². The number of hydrogen-bond donors (Lipinski definition) is 2. The van der Waals surface area contributed by atoms with Crippen LogP contribution >= 0.6 is 0 Å². The largest absolute Gasteiger partial charge is 0.481 e. The molecule has 1 saturated heterocycles. The van der Waals surface area contributed by atoms with E-state index in [1.54, 1.807) is 0 Å². The van der Waals surface area contributed by atoms with E-state index in [9.17, 15) is 19.5 Å². The Balaban J connectivity index is 1.50. The molecule has 0 saturated carbocycles. The molecule has 3 rings (SSSR count). The second kappa shape index (κ2) is 9.37. The Labute approximate surface area is 170 Å². The number of carbonyl (C=O) groups excluding carboxylic acids is 2. The zero-order valence-electron chi connectivity index (χ0n) is 16.5. The Morgan fingerprint density at radius 3 is 2.38 bits per heavy atom. The van der Waals surface area contributed by atoms with E-state index < -0.39 is 11.9 Å². The van der Waals surface area contributed by atoms with E-state index in [0.29, 0.717) is 19.4 Å². The lowest BCUT2D eigenvalue weighted by atomic mass is 9.89. The average Bonchev–Trinajstić information content (AvgIpc) is 3.18. The molecule has 2 aromatic rings. The maximum absolute atomic E-state index is 12.5. The van der Waals surface area contributed by atoms with Crippen molar-refractivity contribution >= 4 is 17.8 Å². The molecule has 0 radical (unpaired) electrons. The summed E-state index contributed by atoms with van der Waals surface area (Å²) in [5, 5.41) is 12.2. The summed E-state index contributed by atoms with van der Waals surface area (Å²) < 4.78 is 0. The number of likely N-dealkylation sites (tertiary alicyclic amines) is 1. The number of nitrogens with one attached hydrogen (secondary N) is 1. The predicted molar refractivity (Wildman–Crippen MR) is 109 cm³/mol. The zero-order valence-corrected chi connectivity index (χ0v) is 16.5. The monoisotopic (exact) mass is 394 g/mol. The van der Waals surface area contributed by atoms with Gasteiger partial charge in [-0.1, -0.05) is 60.2 Å². The molecule has 1 aliphatic rings. The number of carboxylic acids is 1. The van der Waals surface area contributed by atoms with Crippen LogP contribution in [0.4, 0.5) is 0 Å². The van der Waals surface area contributed by atoms with Crippen molar-refractivity contribution in [2.24, 2.45) is 5.92 Å². The van der Waals surface area contributed by atoms with Gasteiger partial charge in [0.05, 0.1) is 12.5 Å². The minimum Gasteiger partial charge on any atom is -0.481 e. The van der Waals surface area contributed by atoms with E-state index in [2.05, 4.69) is 5.32 Å². The third-order valence-corrected chi connectivity index (χ3v) is 5.42. The molecule has 29 heavy (non-hydrogen) atoms. The summed E-state index contributed by atoms with van der Waals surface area (Å²) in [6.07, 6.45) is 0.919. The number of aliphatic carboxylic acids is 1. The summed E-state index contributed by atoms with van der Waals surface area (Å²) >= 11 is 0. The average molecular weight is 394 g/mol. The van der Waals surface area contributed by atoms with Crippen LogP contribution in [0.1, 0.15) is 29.0 Å². The molecule has 2 N–H and O–H groups in total. The number of carboxylic acid groups (broad SMARTS) is 1. The number of carbonyl (C=O) groups is 3. The van der Waals surface area contributed by atoms with Crippen molar-refractivity contribution in [3.63, 3.8) is 0 Å². The van der Waals surface area contributed by atoms with Crippen LogP contribution in [0.5, 0.6) is 0 Å². The molecule has 6 nitrogen and oxygen atoms in total. The van der Waals surface area contributed by atoms with Crippen LogP contribution in [0.15, 0.2) is 54.6 Å². The maximum Gasteiger partial charge on any atom is 0.308 e. The Hall–Kier alpha value is -3.15. The molecule has 1 heterocycles. The molecule has 6 heteroatoms. The van der Waals surface area contributed by atoms with Gasteiger partial charge in [0.2, 0.25) is 11.8 Å². The van der Waals surface area contributed by atoms with Crippen molar-refractivity contribution in [2.75, 3.05) is 19.6 Å². The van der Waals surface area contributed by atoms with Gasteiger partial charge >= 0.3 is 5.97 Å². The highest BCUT2D eigenvalue weighted by atomic mass is 16.4. The van der Waals surface area contributed by atoms with Crippen LogP contribution in [-0.4, -0.2) is 47.4 Å². The van der Waals surface area contributed by atoms with Gasteiger partial charge in [-0.15, -0.1) is 0 Å². The first-order chi connectivity index (χ1) is 13.9. The fraction of sp³-hybridized carbons (Fsp3) is 0.348. The van der Waals surface area contributed by atoms with Crippen LogP contribution in [0.25, 0.3) is 0 Å². The van der Waals surface area contributed by atoms with Crippen molar-refractivity contribution in [3.8, 4) is 0 Å². The van der Waals surface area contributed by atoms with Crippen molar-refractivity contribution in [3.05, 3.63) is 71.3 Å². The molecular formula is C23H26N2O4. The highest BCUT2D eigenvalue weighted by Crippen LogP contribution is 2.32. The zero-order chi connectivity index (χ0) is 20.8. The number of nitrogens with zero attached hydrogens (tertiary/aromatic N) is 1. The molecular weight excluding hydrogens is 368 g/mol.